The predicted octanol–water partition coefficient (Wildman–Crippen LogP) is 1.55. The smallest absolute Gasteiger partial charge is 0.257 e. The Kier molecular flexibility index (Phi) is 3.77. The first kappa shape index (κ1) is 13.9. The molecule has 0 bridgehead atoms. The lowest BCUT2D eigenvalue weighted by Gasteiger charge is -2.32. The minimum Gasteiger partial charge on any atom is -0.338 e. The Morgan fingerprint density at radius 1 is 1.52 bits per heavy atom. The number of carbonyl (C=O) groups is 1. The molecule has 0 aromatic carbocycles. The number of aryl methyl sites for hydroxylation is 2. The van der Waals surface area contributed by atoms with Crippen LogP contribution in [0.25, 0.3) is 0 Å². The second-order valence-corrected chi connectivity index (χ2v) is 5.85. The maximum absolute atomic E-state index is 12.6. The highest BCUT2D eigenvalue weighted by molar-refractivity contribution is 5.95. The summed E-state index contributed by atoms with van der Waals surface area (Å²) in [5.41, 5.74) is 2.67. The van der Waals surface area contributed by atoms with Crippen LogP contribution in [0.4, 0.5) is 0 Å². The SMILES string of the molecule is Cc1nn(C)cc1C(=O)N1CCC[C@@H](Cc2ccn[nH]2)C1. The molecule has 6 heteroatoms. The summed E-state index contributed by atoms with van der Waals surface area (Å²) in [6, 6.07) is 2.01. The maximum atomic E-state index is 12.6. The van der Waals surface area contributed by atoms with Crippen molar-refractivity contribution in [1.82, 2.24) is 24.9 Å². The Morgan fingerprint density at radius 2 is 2.38 bits per heavy atom. The Hall–Kier alpha value is -2.11. The standard InChI is InChI=1S/C15H21N5O/c1-11-14(10-19(2)18-11)15(21)20-7-3-4-12(9-20)8-13-5-6-16-17-13/h5-6,10,12H,3-4,7-9H2,1-2H3,(H,16,17)/t12-/m0/s1. The molecule has 1 fully saturated rings. The van der Waals surface area contributed by atoms with Gasteiger partial charge in [-0.25, -0.2) is 0 Å². The summed E-state index contributed by atoms with van der Waals surface area (Å²) < 4.78 is 1.70. The third-order valence-corrected chi connectivity index (χ3v) is 4.12. The van der Waals surface area contributed by atoms with Crippen molar-refractivity contribution in [3.63, 3.8) is 0 Å². The van der Waals surface area contributed by atoms with Crippen molar-refractivity contribution in [1.29, 1.82) is 0 Å². The molecule has 1 amide bonds. The quantitative estimate of drug-likeness (QED) is 0.931. The van der Waals surface area contributed by atoms with Gasteiger partial charge in [0.15, 0.2) is 0 Å². The van der Waals surface area contributed by atoms with E-state index in [2.05, 4.69) is 15.3 Å². The zero-order chi connectivity index (χ0) is 14.8. The number of piperidine rings is 1. The second-order valence-electron chi connectivity index (χ2n) is 5.85. The highest BCUT2D eigenvalue weighted by Gasteiger charge is 2.26. The molecule has 1 aliphatic rings. The van der Waals surface area contributed by atoms with Crippen molar-refractivity contribution in [3.05, 3.63) is 35.4 Å². The number of aromatic nitrogens is 4. The molecule has 3 rings (SSSR count). The van der Waals surface area contributed by atoms with Crippen molar-refractivity contribution in [2.75, 3.05) is 13.1 Å². The minimum atomic E-state index is 0.106. The average Bonchev–Trinajstić information content (AvgIpc) is 3.08. The molecular weight excluding hydrogens is 266 g/mol. The van der Waals surface area contributed by atoms with Crippen LogP contribution in [0.15, 0.2) is 18.5 Å². The first-order valence-corrected chi connectivity index (χ1v) is 7.41. The lowest BCUT2D eigenvalue weighted by Crippen LogP contribution is -2.40. The van der Waals surface area contributed by atoms with E-state index in [0.717, 1.165) is 49.3 Å². The van der Waals surface area contributed by atoms with Crippen LogP contribution < -0.4 is 0 Å². The number of aromatic amines is 1. The van der Waals surface area contributed by atoms with Gasteiger partial charge in [-0.2, -0.15) is 10.2 Å². The fourth-order valence-electron chi connectivity index (χ4n) is 3.11. The van der Waals surface area contributed by atoms with E-state index in [1.807, 2.05) is 31.1 Å². The summed E-state index contributed by atoms with van der Waals surface area (Å²) in [6.07, 6.45) is 6.77. The molecule has 0 unspecified atom stereocenters. The third-order valence-electron chi connectivity index (χ3n) is 4.12. The van der Waals surface area contributed by atoms with Crippen LogP contribution in [-0.4, -0.2) is 43.9 Å². The molecule has 0 spiro atoms. The second kappa shape index (κ2) is 5.71. The summed E-state index contributed by atoms with van der Waals surface area (Å²) in [5.74, 6) is 0.607. The topological polar surface area (TPSA) is 66.8 Å². The zero-order valence-electron chi connectivity index (χ0n) is 12.5. The number of likely N-dealkylation sites (tertiary alicyclic amines) is 1. The highest BCUT2D eigenvalue weighted by Crippen LogP contribution is 2.22. The van der Waals surface area contributed by atoms with Crippen LogP contribution in [0.1, 0.15) is 34.6 Å². The number of rotatable bonds is 3. The Balaban J connectivity index is 1.68. The van der Waals surface area contributed by atoms with Crippen LogP contribution in [0.3, 0.4) is 0 Å². The van der Waals surface area contributed by atoms with E-state index in [9.17, 15) is 4.79 Å². The summed E-state index contributed by atoms with van der Waals surface area (Å²) >= 11 is 0. The molecule has 21 heavy (non-hydrogen) atoms. The summed E-state index contributed by atoms with van der Waals surface area (Å²) in [4.78, 5) is 14.6. The number of nitrogens with zero attached hydrogens (tertiary/aromatic N) is 4. The number of nitrogens with one attached hydrogen (secondary N) is 1. The van der Waals surface area contributed by atoms with Crippen LogP contribution in [0.2, 0.25) is 0 Å². The fraction of sp³-hybridized carbons (Fsp3) is 0.533. The van der Waals surface area contributed by atoms with Crippen molar-refractivity contribution < 1.29 is 4.79 Å². The van der Waals surface area contributed by atoms with E-state index in [4.69, 9.17) is 0 Å². The highest BCUT2D eigenvalue weighted by atomic mass is 16.2. The molecule has 112 valence electrons. The van der Waals surface area contributed by atoms with Crippen molar-refractivity contribution in [3.8, 4) is 0 Å². The van der Waals surface area contributed by atoms with E-state index in [-0.39, 0.29) is 5.91 Å². The Bertz CT molecular complexity index is 616. The van der Waals surface area contributed by atoms with Crippen LogP contribution in [-0.2, 0) is 13.5 Å². The third kappa shape index (κ3) is 2.99. The molecule has 6 nitrogen and oxygen atoms in total. The van der Waals surface area contributed by atoms with Gasteiger partial charge in [0.05, 0.1) is 11.3 Å². The molecule has 1 aliphatic heterocycles. The van der Waals surface area contributed by atoms with Crippen LogP contribution >= 0.6 is 0 Å². The van der Waals surface area contributed by atoms with E-state index >= 15 is 0 Å². The summed E-state index contributed by atoms with van der Waals surface area (Å²) in [6.45, 7) is 3.54. The number of H-pyrrole nitrogens is 1. The summed E-state index contributed by atoms with van der Waals surface area (Å²) in [5, 5.41) is 11.3. The lowest BCUT2D eigenvalue weighted by molar-refractivity contribution is 0.0672. The van der Waals surface area contributed by atoms with Gasteiger partial charge in [-0.15, -0.1) is 0 Å². The maximum Gasteiger partial charge on any atom is 0.257 e. The molecule has 1 N–H and O–H groups in total. The number of hydrogen-bond donors (Lipinski definition) is 1. The van der Waals surface area contributed by atoms with E-state index in [0.29, 0.717) is 5.92 Å². The van der Waals surface area contributed by atoms with Gasteiger partial charge < -0.3 is 4.90 Å². The lowest BCUT2D eigenvalue weighted by atomic mass is 9.93. The molecule has 3 heterocycles. The van der Waals surface area contributed by atoms with E-state index < -0.39 is 0 Å². The van der Waals surface area contributed by atoms with Gasteiger partial charge in [0, 0.05) is 38.2 Å². The van der Waals surface area contributed by atoms with Gasteiger partial charge in [-0.3, -0.25) is 14.6 Å². The molecule has 0 aliphatic carbocycles. The molecule has 0 radical (unpaired) electrons. The van der Waals surface area contributed by atoms with E-state index in [1.165, 1.54) is 0 Å². The molecule has 2 aromatic rings. The average molecular weight is 287 g/mol. The van der Waals surface area contributed by atoms with Gasteiger partial charge in [0.2, 0.25) is 0 Å². The molecular formula is C15H21N5O. The molecule has 1 saturated heterocycles. The first-order valence-electron chi connectivity index (χ1n) is 7.41. The van der Waals surface area contributed by atoms with Gasteiger partial charge in [-0.05, 0) is 38.2 Å². The van der Waals surface area contributed by atoms with Crippen LogP contribution in [0.5, 0.6) is 0 Å². The minimum absolute atomic E-state index is 0.106. The zero-order valence-corrected chi connectivity index (χ0v) is 12.5. The number of carbonyl (C=O) groups excluding carboxylic acids is 1. The summed E-state index contributed by atoms with van der Waals surface area (Å²) in [7, 11) is 1.85. The molecule has 0 saturated carbocycles. The normalized spacial score (nSPS) is 19.0. The number of amides is 1. The molecule has 1 atom stereocenters. The first-order chi connectivity index (χ1) is 10.1. The van der Waals surface area contributed by atoms with Crippen LogP contribution in [0, 0.1) is 12.8 Å². The molecule has 2 aromatic heterocycles. The number of hydrogen-bond acceptors (Lipinski definition) is 3. The Morgan fingerprint density at radius 3 is 3.05 bits per heavy atom. The van der Waals surface area contributed by atoms with Gasteiger partial charge in [-0.1, -0.05) is 0 Å². The van der Waals surface area contributed by atoms with Gasteiger partial charge >= 0.3 is 0 Å². The van der Waals surface area contributed by atoms with Gasteiger partial charge in [0.25, 0.3) is 5.91 Å². The largest absolute Gasteiger partial charge is 0.338 e. The van der Waals surface area contributed by atoms with E-state index in [1.54, 1.807) is 10.9 Å². The predicted molar refractivity (Wildman–Crippen MR) is 78.9 cm³/mol. The Labute approximate surface area is 124 Å². The van der Waals surface area contributed by atoms with Gasteiger partial charge in [0.1, 0.15) is 0 Å². The van der Waals surface area contributed by atoms with Crippen molar-refractivity contribution in [2.24, 2.45) is 13.0 Å². The monoisotopic (exact) mass is 287 g/mol. The fourth-order valence-corrected chi connectivity index (χ4v) is 3.11. The van der Waals surface area contributed by atoms with Crippen molar-refractivity contribution >= 4 is 5.91 Å². The van der Waals surface area contributed by atoms with Crippen molar-refractivity contribution in [2.45, 2.75) is 26.2 Å².